The Bertz CT molecular complexity index is 330. The van der Waals surface area contributed by atoms with Gasteiger partial charge < -0.3 is 5.11 Å². The molecule has 0 aliphatic rings. The van der Waals surface area contributed by atoms with E-state index in [2.05, 4.69) is 54.7 Å². The highest BCUT2D eigenvalue weighted by molar-refractivity contribution is 9.11. The van der Waals surface area contributed by atoms with Crippen LogP contribution >= 0.6 is 47.8 Å². The van der Waals surface area contributed by atoms with Crippen LogP contribution in [0.3, 0.4) is 0 Å². The molecule has 1 rings (SSSR count). The summed E-state index contributed by atoms with van der Waals surface area (Å²) in [4.78, 5) is 0. The largest absolute Gasteiger partial charge is 0.392 e. The lowest BCUT2D eigenvalue weighted by molar-refractivity contribution is 0.280. The van der Waals surface area contributed by atoms with Crippen molar-refractivity contribution in [2.24, 2.45) is 0 Å². The highest BCUT2D eigenvalue weighted by atomic mass is 79.9. The molecule has 1 nitrogen and oxygen atoms in total. The number of benzene rings is 1. The van der Waals surface area contributed by atoms with Crippen molar-refractivity contribution in [3.63, 3.8) is 0 Å². The van der Waals surface area contributed by atoms with E-state index in [9.17, 15) is 5.11 Å². The van der Waals surface area contributed by atoms with Gasteiger partial charge in [-0.3, -0.25) is 0 Å². The van der Waals surface area contributed by atoms with Crippen LogP contribution in [0.2, 0.25) is 0 Å². The Balaban J connectivity index is 3.56. The van der Waals surface area contributed by atoms with Crippen LogP contribution in [-0.4, -0.2) is 5.11 Å². The third-order valence-electron chi connectivity index (χ3n) is 2.23. The second-order valence-electron chi connectivity index (χ2n) is 3.04. The van der Waals surface area contributed by atoms with E-state index in [0.29, 0.717) is 0 Å². The maximum Gasteiger partial charge on any atom is 0.0704 e. The normalized spacial score (nSPS) is 10.7. The van der Waals surface area contributed by atoms with Gasteiger partial charge in [0.15, 0.2) is 0 Å². The monoisotopic (exact) mass is 384 g/mol. The zero-order chi connectivity index (χ0) is 10.9. The molecule has 78 valence electrons. The average molecular weight is 387 g/mol. The number of aliphatic hydroxyl groups is 1. The topological polar surface area (TPSA) is 20.2 Å². The van der Waals surface area contributed by atoms with Crippen LogP contribution < -0.4 is 0 Å². The van der Waals surface area contributed by atoms with E-state index in [1.807, 2.05) is 6.92 Å². The van der Waals surface area contributed by atoms with Crippen molar-refractivity contribution >= 4 is 47.8 Å². The predicted octanol–water partition coefficient (Wildman–Crippen LogP) is 4.34. The van der Waals surface area contributed by atoms with Crippen LogP contribution in [0.4, 0.5) is 0 Å². The molecule has 4 heteroatoms. The van der Waals surface area contributed by atoms with Crippen LogP contribution in [0, 0.1) is 6.92 Å². The van der Waals surface area contributed by atoms with Crippen molar-refractivity contribution in [1.29, 1.82) is 0 Å². The molecule has 0 amide bonds. The SMILES string of the molecule is CCc1c(Br)c(C)c(Br)c(CO)c1Br. The van der Waals surface area contributed by atoms with Crippen molar-refractivity contribution in [3.8, 4) is 0 Å². The maximum absolute atomic E-state index is 9.26. The Kier molecular flexibility index (Phi) is 4.62. The molecule has 0 fully saturated rings. The summed E-state index contributed by atoms with van der Waals surface area (Å²) in [5.41, 5.74) is 3.26. The smallest absolute Gasteiger partial charge is 0.0704 e. The molecule has 0 aromatic heterocycles. The second-order valence-corrected chi connectivity index (χ2v) is 5.41. The Morgan fingerprint density at radius 1 is 1.00 bits per heavy atom. The Labute approximate surface area is 109 Å². The van der Waals surface area contributed by atoms with Crippen molar-refractivity contribution in [2.45, 2.75) is 26.9 Å². The Morgan fingerprint density at radius 3 is 1.93 bits per heavy atom. The van der Waals surface area contributed by atoms with Gasteiger partial charge in [0.2, 0.25) is 0 Å². The van der Waals surface area contributed by atoms with E-state index < -0.39 is 0 Å². The van der Waals surface area contributed by atoms with Crippen LogP contribution in [0.5, 0.6) is 0 Å². The van der Waals surface area contributed by atoms with Gasteiger partial charge in [-0.2, -0.15) is 0 Å². The molecule has 0 spiro atoms. The number of aliphatic hydroxyl groups excluding tert-OH is 1. The second kappa shape index (κ2) is 5.10. The van der Waals surface area contributed by atoms with Crippen LogP contribution in [0.15, 0.2) is 13.4 Å². The molecule has 0 atom stereocenters. The van der Waals surface area contributed by atoms with Crippen LogP contribution in [-0.2, 0) is 13.0 Å². The molecular formula is C10H11Br3O. The van der Waals surface area contributed by atoms with E-state index in [0.717, 1.165) is 31.0 Å². The molecule has 0 aliphatic carbocycles. The molecule has 1 aromatic rings. The first kappa shape index (κ1) is 12.7. The van der Waals surface area contributed by atoms with Crippen molar-refractivity contribution in [1.82, 2.24) is 0 Å². The van der Waals surface area contributed by atoms with E-state index in [-0.39, 0.29) is 6.61 Å². The molecule has 1 aromatic carbocycles. The third-order valence-corrected chi connectivity index (χ3v) is 5.33. The van der Waals surface area contributed by atoms with Crippen molar-refractivity contribution < 1.29 is 5.11 Å². The highest BCUT2D eigenvalue weighted by Crippen LogP contribution is 2.38. The number of hydrogen-bond donors (Lipinski definition) is 1. The fraction of sp³-hybridized carbons (Fsp3) is 0.400. The first-order valence-electron chi connectivity index (χ1n) is 4.30. The van der Waals surface area contributed by atoms with Crippen LogP contribution in [0.25, 0.3) is 0 Å². The summed E-state index contributed by atoms with van der Waals surface area (Å²) in [5, 5.41) is 9.26. The maximum atomic E-state index is 9.26. The van der Waals surface area contributed by atoms with E-state index in [1.165, 1.54) is 5.56 Å². The van der Waals surface area contributed by atoms with E-state index >= 15 is 0 Å². The zero-order valence-corrected chi connectivity index (χ0v) is 12.8. The predicted molar refractivity (Wildman–Crippen MR) is 69.6 cm³/mol. The first-order chi connectivity index (χ1) is 6.54. The third kappa shape index (κ3) is 2.08. The molecule has 0 radical (unpaired) electrons. The molecule has 14 heavy (non-hydrogen) atoms. The van der Waals surface area contributed by atoms with Gasteiger partial charge in [-0.25, -0.2) is 0 Å². The zero-order valence-electron chi connectivity index (χ0n) is 8.00. The van der Waals surface area contributed by atoms with Gasteiger partial charge in [-0.15, -0.1) is 0 Å². The Hall–Kier alpha value is 0.620. The van der Waals surface area contributed by atoms with Gasteiger partial charge in [0, 0.05) is 19.0 Å². The molecule has 0 unspecified atom stereocenters. The van der Waals surface area contributed by atoms with Gasteiger partial charge >= 0.3 is 0 Å². The number of rotatable bonds is 2. The minimum absolute atomic E-state index is 0.0439. The first-order valence-corrected chi connectivity index (χ1v) is 6.68. The lowest BCUT2D eigenvalue weighted by Gasteiger charge is -2.15. The van der Waals surface area contributed by atoms with Gasteiger partial charge in [0.25, 0.3) is 0 Å². The minimum atomic E-state index is 0.0439. The molecule has 0 heterocycles. The van der Waals surface area contributed by atoms with Gasteiger partial charge in [-0.1, -0.05) is 54.7 Å². The summed E-state index contributed by atoms with van der Waals surface area (Å²) in [6.07, 6.45) is 0.933. The summed E-state index contributed by atoms with van der Waals surface area (Å²) in [6, 6.07) is 0. The fourth-order valence-electron chi connectivity index (χ4n) is 1.37. The van der Waals surface area contributed by atoms with Crippen molar-refractivity contribution in [3.05, 3.63) is 30.1 Å². The average Bonchev–Trinajstić information content (AvgIpc) is 2.16. The Morgan fingerprint density at radius 2 is 1.50 bits per heavy atom. The van der Waals surface area contributed by atoms with Crippen molar-refractivity contribution in [2.75, 3.05) is 0 Å². The standard InChI is InChI=1S/C10H11Br3O/c1-3-6-8(11)5(2)9(12)7(4-14)10(6)13/h14H,3-4H2,1-2H3. The van der Waals surface area contributed by atoms with E-state index in [4.69, 9.17) is 0 Å². The summed E-state index contributed by atoms with van der Waals surface area (Å²) in [5.74, 6) is 0. The molecular weight excluding hydrogens is 376 g/mol. The highest BCUT2D eigenvalue weighted by Gasteiger charge is 2.15. The number of halogens is 3. The summed E-state index contributed by atoms with van der Waals surface area (Å²) in [6.45, 7) is 4.17. The molecule has 0 saturated heterocycles. The summed E-state index contributed by atoms with van der Waals surface area (Å²) >= 11 is 10.6. The molecule has 0 aliphatic heterocycles. The van der Waals surface area contributed by atoms with Gasteiger partial charge in [0.1, 0.15) is 0 Å². The molecule has 0 bridgehead atoms. The molecule has 0 saturated carbocycles. The summed E-state index contributed by atoms with van der Waals surface area (Å²) in [7, 11) is 0. The van der Waals surface area contributed by atoms with Crippen LogP contribution in [0.1, 0.15) is 23.6 Å². The van der Waals surface area contributed by atoms with E-state index in [1.54, 1.807) is 0 Å². The quantitative estimate of drug-likeness (QED) is 0.801. The minimum Gasteiger partial charge on any atom is -0.392 e. The lowest BCUT2D eigenvalue weighted by Crippen LogP contribution is -1.98. The molecule has 1 N–H and O–H groups in total. The van der Waals surface area contributed by atoms with Gasteiger partial charge in [-0.05, 0) is 24.5 Å². The van der Waals surface area contributed by atoms with Gasteiger partial charge in [0.05, 0.1) is 6.61 Å². The summed E-state index contributed by atoms with van der Waals surface area (Å²) < 4.78 is 3.07. The fourth-order valence-corrected chi connectivity index (χ4v) is 4.17. The number of hydrogen-bond acceptors (Lipinski definition) is 1. The lowest BCUT2D eigenvalue weighted by atomic mass is 10.1.